The molecule has 0 atom stereocenters. The molecular weight excluding hydrogens is 415 g/mol. The lowest BCUT2D eigenvalue weighted by Crippen LogP contribution is -2.13. The van der Waals surface area contributed by atoms with Crippen molar-refractivity contribution in [1.29, 1.82) is 0 Å². The van der Waals surface area contributed by atoms with Gasteiger partial charge in [-0.1, -0.05) is 0 Å². The van der Waals surface area contributed by atoms with Crippen molar-refractivity contribution >= 4 is 47.6 Å². The van der Waals surface area contributed by atoms with Crippen LogP contribution in [0.2, 0.25) is 0 Å². The van der Waals surface area contributed by atoms with Crippen molar-refractivity contribution in [1.82, 2.24) is 4.98 Å². The number of anilines is 1. The molecule has 1 aromatic carbocycles. The molecule has 0 fully saturated rings. The van der Waals surface area contributed by atoms with Crippen molar-refractivity contribution in [3.63, 3.8) is 0 Å². The lowest BCUT2D eigenvalue weighted by atomic mass is 10.3. The van der Waals surface area contributed by atoms with Crippen LogP contribution in [0.25, 0.3) is 0 Å². The second-order valence-electron chi connectivity index (χ2n) is 4.01. The molecule has 0 unspecified atom stereocenters. The van der Waals surface area contributed by atoms with Gasteiger partial charge in [-0.05, 0) is 68.6 Å². The molecule has 1 aromatic heterocycles. The molecule has 106 valence electrons. The van der Waals surface area contributed by atoms with Crippen LogP contribution in [0.1, 0.15) is 5.56 Å². The van der Waals surface area contributed by atoms with Crippen molar-refractivity contribution in [3.8, 4) is 0 Å². The molecule has 0 saturated carbocycles. The van der Waals surface area contributed by atoms with E-state index in [1.807, 2.05) is 0 Å². The van der Waals surface area contributed by atoms with E-state index in [1.165, 1.54) is 18.3 Å². The first kappa shape index (κ1) is 15.4. The van der Waals surface area contributed by atoms with Gasteiger partial charge in [-0.15, -0.1) is 0 Å². The number of nitrogens with one attached hydrogen (secondary N) is 1. The number of benzene rings is 1. The third kappa shape index (κ3) is 3.36. The minimum atomic E-state index is -3.85. The van der Waals surface area contributed by atoms with Gasteiger partial charge in [0, 0.05) is 0 Å². The number of nitrogens with zero attached hydrogens (tertiary/aromatic N) is 1. The summed E-state index contributed by atoms with van der Waals surface area (Å²) in [6.45, 7) is 1.79. The average Bonchev–Trinajstić information content (AvgIpc) is 2.37. The van der Waals surface area contributed by atoms with Gasteiger partial charge < -0.3 is 0 Å². The number of pyridine rings is 1. The first-order chi connectivity index (χ1) is 9.29. The van der Waals surface area contributed by atoms with E-state index in [4.69, 9.17) is 0 Å². The van der Waals surface area contributed by atoms with Crippen LogP contribution in [0.5, 0.6) is 0 Å². The maximum Gasteiger partial charge on any atom is 0.262 e. The summed E-state index contributed by atoms with van der Waals surface area (Å²) < 4.78 is 40.9. The summed E-state index contributed by atoms with van der Waals surface area (Å²) in [7, 11) is -3.85. The van der Waals surface area contributed by atoms with Crippen molar-refractivity contribution in [2.45, 2.75) is 11.8 Å². The highest BCUT2D eigenvalue weighted by molar-refractivity contribution is 9.10. The first-order valence-corrected chi connectivity index (χ1v) is 8.46. The van der Waals surface area contributed by atoms with E-state index in [9.17, 15) is 12.8 Å². The van der Waals surface area contributed by atoms with Crippen LogP contribution in [-0.2, 0) is 10.0 Å². The van der Waals surface area contributed by atoms with Crippen LogP contribution in [0.4, 0.5) is 10.1 Å². The molecule has 2 aromatic rings. The Kier molecular flexibility index (Phi) is 4.46. The third-order valence-corrected chi connectivity index (χ3v) is 5.32. The van der Waals surface area contributed by atoms with Gasteiger partial charge in [-0.2, -0.15) is 0 Å². The van der Waals surface area contributed by atoms with E-state index in [-0.39, 0.29) is 9.37 Å². The second-order valence-corrected chi connectivity index (χ2v) is 7.30. The molecule has 4 nitrogen and oxygen atoms in total. The lowest BCUT2D eigenvalue weighted by molar-refractivity contribution is 0.593. The number of aryl methyl sites for hydroxylation is 1. The van der Waals surface area contributed by atoms with Gasteiger partial charge in [0.05, 0.1) is 21.3 Å². The highest BCUT2D eigenvalue weighted by atomic mass is 79.9. The highest BCUT2D eigenvalue weighted by Crippen LogP contribution is 2.23. The summed E-state index contributed by atoms with van der Waals surface area (Å²) in [5.74, 6) is -0.641. The smallest absolute Gasteiger partial charge is 0.262 e. The number of hydrogen-bond acceptors (Lipinski definition) is 3. The van der Waals surface area contributed by atoms with E-state index >= 15 is 0 Å². The van der Waals surface area contributed by atoms with Gasteiger partial charge in [0.15, 0.2) is 0 Å². The zero-order valence-electron chi connectivity index (χ0n) is 10.2. The van der Waals surface area contributed by atoms with Crippen LogP contribution in [0, 0.1) is 12.7 Å². The zero-order chi connectivity index (χ0) is 14.9. The lowest BCUT2D eigenvalue weighted by Gasteiger charge is -2.09. The Labute approximate surface area is 132 Å². The average molecular weight is 424 g/mol. The quantitative estimate of drug-likeness (QED) is 0.762. The van der Waals surface area contributed by atoms with Crippen LogP contribution in [0.3, 0.4) is 0 Å². The molecule has 20 heavy (non-hydrogen) atoms. The van der Waals surface area contributed by atoms with Gasteiger partial charge in [0.1, 0.15) is 10.4 Å². The number of sulfonamides is 1. The number of aromatic nitrogens is 1. The summed E-state index contributed by atoms with van der Waals surface area (Å²) >= 11 is 6.20. The van der Waals surface area contributed by atoms with Crippen molar-refractivity contribution in [3.05, 3.63) is 50.9 Å². The first-order valence-electron chi connectivity index (χ1n) is 5.39. The number of hydrogen-bond donors (Lipinski definition) is 1. The molecule has 8 heteroatoms. The summed E-state index contributed by atoms with van der Waals surface area (Å²) in [6.07, 6.45) is 1.38. The Bertz CT molecular complexity index is 766. The molecule has 0 aliphatic rings. The Morgan fingerprint density at radius 1 is 1.25 bits per heavy atom. The minimum absolute atomic E-state index is 0.154. The topological polar surface area (TPSA) is 59.1 Å². The molecule has 2 rings (SSSR count). The Balaban J connectivity index is 2.35. The largest absolute Gasteiger partial charge is 0.278 e. The van der Waals surface area contributed by atoms with E-state index < -0.39 is 15.8 Å². The molecule has 0 aliphatic carbocycles. The fourth-order valence-corrected chi connectivity index (χ4v) is 2.98. The molecular formula is C12H9Br2FN2O2S. The van der Waals surface area contributed by atoms with Gasteiger partial charge >= 0.3 is 0 Å². The van der Waals surface area contributed by atoms with E-state index in [2.05, 4.69) is 41.6 Å². The molecule has 0 saturated heterocycles. The molecule has 0 amide bonds. The highest BCUT2D eigenvalue weighted by Gasteiger charge is 2.16. The predicted octanol–water partition coefficient (Wildman–Crippen LogP) is 3.85. The van der Waals surface area contributed by atoms with Crippen LogP contribution in [-0.4, -0.2) is 13.4 Å². The molecule has 0 bridgehead atoms. The SMILES string of the molecule is Cc1cc(NS(=O)(=O)c2ccc(Br)c(F)c2)cnc1Br. The standard InChI is InChI=1S/C12H9Br2FN2O2S/c1-7-4-8(6-16-12(7)14)17-20(18,19)9-2-3-10(13)11(15)5-9/h2-6,17H,1H3. The number of rotatable bonds is 3. The second kappa shape index (κ2) is 5.79. The Morgan fingerprint density at radius 3 is 2.55 bits per heavy atom. The molecule has 0 spiro atoms. The summed E-state index contributed by atoms with van der Waals surface area (Å²) in [5, 5.41) is 0. The maximum atomic E-state index is 13.4. The fourth-order valence-electron chi connectivity index (χ4n) is 1.47. The van der Waals surface area contributed by atoms with Crippen LogP contribution >= 0.6 is 31.9 Å². The predicted molar refractivity (Wildman–Crippen MR) is 81.6 cm³/mol. The monoisotopic (exact) mass is 422 g/mol. The molecule has 0 aliphatic heterocycles. The van der Waals surface area contributed by atoms with Gasteiger partial charge in [0.25, 0.3) is 10.0 Å². The molecule has 0 radical (unpaired) electrons. The van der Waals surface area contributed by atoms with Crippen molar-refractivity contribution < 1.29 is 12.8 Å². The van der Waals surface area contributed by atoms with Crippen LogP contribution < -0.4 is 4.72 Å². The Hall–Kier alpha value is -0.990. The summed E-state index contributed by atoms with van der Waals surface area (Å²) in [5.41, 5.74) is 1.10. The Morgan fingerprint density at radius 2 is 1.95 bits per heavy atom. The van der Waals surface area contributed by atoms with Gasteiger partial charge in [0.2, 0.25) is 0 Å². The minimum Gasteiger partial charge on any atom is -0.278 e. The van der Waals surface area contributed by atoms with Gasteiger partial charge in [-0.25, -0.2) is 17.8 Å². The van der Waals surface area contributed by atoms with Gasteiger partial charge in [-0.3, -0.25) is 4.72 Å². The van der Waals surface area contributed by atoms with Crippen molar-refractivity contribution in [2.24, 2.45) is 0 Å². The summed E-state index contributed by atoms with van der Waals surface area (Å²) in [4.78, 5) is 3.84. The normalized spacial score (nSPS) is 11.4. The number of halogens is 3. The summed E-state index contributed by atoms with van der Waals surface area (Å²) in [6, 6.07) is 5.24. The maximum absolute atomic E-state index is 13.4. The third-order valence-electron chi connectivity index (χ3n) is 2.47. The molecule has 1 N–H and O–H groups in total. The van der Waals surface area contributed by atoms with Crippen molar-refractivity contribution in [2.75, 3.05) is 4.72 Å². The fraction of sp³-hybridized carbons (Fsp3) is 0.0833. The van der Waals surface area contributed by atoms with E-state index in [1.54, 1.807) is 13.0 Å². The van der Waals surface area contributed by atoms with Crippen LogP contribution in [0.15, 0.2) is 44.4 Å². The van der Waals surface area contributed by atoms with E-state index in [0.717, 1.165) is 11.6 Å². The van der Waals surface area contributed by atoms with E-state index in [0.29, 0.717) is 10.3 Å². The molecule has 1 heterocycles. The zero-order valence-corrected chi connectivity index (χ0v) is 14.2.